The first-order valence-corrected chi connectivity index (χ1v) is 10.8. The smallest absolute Gasteiger partial charge is 0.332 e. The third-order valence-electron chi connectivity index (χ3n) is 6.14. The van der Waals surface area contributed by atoms with Crippen molar-refractivity contribution in [3.05, 3.63) is 59.2 Å². The van der Waals surface area contributed by atoms with Gasteiger partial charge >= 0.3 is 12.5 Å². The highest BCUT2D eigenvalue weighted by Gasteiger charge is 2.52. The lowest BCUT2D eigenvalue weighted by molar-refractivity contribution is -0.123. The van der Waals surface area contributed by atoms with Gasteiger partial charge in [0.25, 0.3) is 12.3 Å². The van der Waals surface area contributed by atoms with E-state index in [-0.39, 0.29) is 29.6 Å². The van der Waals surface area contributed by atoms with Crippen LogP contribution in [0.25, 0.3) is 6.08 Å². The molecule has 1 aliphatic heterocycles. The molecule has 186 valence electrons. The highest BCUT2D eigenvalue weighted by Crippen LogP contribution is 2.36. The van der Waals surface area contributed by atoms with E-state index in [2.05, 4.69) is 9.72 Å². The molecule has 35 heavy (non-hydrogen) atoms. The van der Waals surface area contributed by atoms with Gasteiger partial charge in [0.05, 0.1) is 30.2 Å². The zero-order valence-corrected chi connectivity index (χ0v) is 19.2. The maximum atomic E-state index is 14.9. The Morgan fingerprint density at radius 2 is 1.86 bits per heavy atom. The lowest BCUT2D eigenvalue weighted by atomic mass is 9.93. The molecule has 0 bridgehead atoms. The SMILES string of the molecule is COC1C=Cc2ncc(F)c(CN3C(=O)N(c4ccc(OC(F)C(F)F)cc4)C(=O)C3(C)C)c2C1. The molecule has 2 aromatic rings. The van der Waals surface area contributed by atoms with Crippen LogP contribution in [0.5, 0.6) is 5.75 Å². The van der Waals surface area contributed by atoms with Crippen molar-refractivity contribution in [3.8, 4) is 5.75 Å². The van der Waals surface area contributed by atoms with Crippen LogP contribution >= 0.6 is 0 Å². The second-order valence-electron chi connectivity index (χ2n) is 8.65. The van der Waals surface area contributed by atoms with Crippen molar-refractivity contribution in [3.63, 3.8) is 0 Å². The van der Waals surface area contributed by atoms with Gasteiger partial charge in [-0.1, -0.05) is 6.08 Å². The van der Waals surface area contributed by atoms with Crippen molar-refractivity contribution in [2.24, 2.45) is 0 Å². The van der Waals surface area contributed by atoms with Crippen molar-refractivity contribution in [2.75, 3.05) is 12.0 Å². The van der Waals surface area contributed by atoms with Gasteiger partial charge in [-0.3, -0.25) is 9.78 Å². The van der Waals surface area contributed by atoms with Gasteiger partial charge in [0.1, 0.15) is 17.1 Å². The Morgan fingerprint density at radius 1 is 1.17 bits per heavy atom. The molecule has 4 rings (SSSR count). The highest BCUT2D eigenvalue weighted by molar-refractivity contribution is 6.22. The largest absolute Gasteiger partial charge is 0.454 e. The quantitative estimate of drug-likeness (QED) is 0.420. The number of hydrogen-bond donors (Lipinski definition) is 0. The van der Waals surface area contributed by atoms with E-state index >= 15 is 0 Å². The van der Waals surface area contributed by atoms with Crippen molar-refractivity contribution >= 4 is 23.7 Å². The van der Waals surface area contributed by atoms with E-state index < -0.39 is 36.1 Å². The van der Waals surface area contributed by atoms with Gasteiger partial charge in [-0.25, -0.2) is 22.9 Å². The van der Waals surface area contributed by atoms with Gasteiger partial charge in [0.15, 0.2) is 0 Å². The van der Waals surface area contributed by atoms with E-state index in [0.717, 1.165) is 11.1 Å². The summed E-state index contributed by atoms with van der Waals surface area (Å²) in [5.74, 6) is -1.36. The summed E-state index contributed by atoms with van der Waals surface area (Å²) in [6, 6.07) is 4.23. The van der Waals surface area contributed by atoms with Crippen LogP contribution in [0.1, 0.15) is 30.7 Å². The number of alkyl halides is 3. The number of benzene rings is 1. The topological polar surface area (TPSA) is 72.0 Å². The number of pyridine rings is 1. The van der Waals surface area contributed by atoms with Crippen LogP contribution in [0.15, 0.2) is 36.5 Å². The first-order chi connectivity index (χ1) is 16.5. The molecule has 1 aliphatic carbocycles. The maximum Gasteiger partial charge on any atom is 0.332 e. The summed E-state index contributed by atoms with van der Waals surface area (Å²) in [5.41, 5.74) is 0.208. The highest BCUT2D eigenvalue weighted by atomic mass is 19.3. The third-order valence-corrected chi connectivity index (χ3v) is 6.14. The molecule has 0 saturated carbocycles. The van der Waals surface area contributed by atoms with Gasteiger partial charge in [0.2, 0.25) is 0 Å². The molecule has 1 aromatic carbocycles. The van der Waals surface area contributed by atoms with Gasteiger partial charge in [0, 0.05) is 19.1 Å². The minimum atomic E-state index is -3.32. The molecule has 7 nitrogen and oxygen atoms in total. The first-order valence-electron chi connectivity index (χ1n) is 10.8. The number of halogens is 4. The number of nitrogens with zero attached hydrogens (tertiary/aromatic N) is 3. The van der Waals surface area contributed by atoms with Crippen molar-refractivity contribution in [2.45, 2.75) is 51.2 Å². The Bertz CT molecular complexity index is 1170. The number of anilines is 1. The number of hydrogen-bond acceptors (Lipinski definition) is 5. The molecular formula is C24H23F4N3O4. The third kappa shape index (κ3) is 4.47. The number of carbonyl (C=O) groups excluding carboxylic acids is 2. The molecule has 2 heterocycles. The number of urea groups is 1. The number of rotatable bonds is 7. The van der Waals surface area contributed by atoms with Crippen LogP contribution < -0.4 is 9.64 Å². The summed E-state index contributed by atoms with van der Waals surface area (Å²) in [7, 11) is 1.54. The average molecular weight is 493 g/mol. The fraction of sp³-hybridized carbons (Fsp3) is 0.375. The zero-order chi connectivity index (χ0) is 25.5. The molecule has 0 radical (unpaired) electrons. The van der Waals surface area contributed by atoms with Crippen LogP contribution in [0, 0.1) is 5.82 Å². The van der Waals surface area contributed by atoms with Crippen molar-refractivity contribution in [1.82, 2.24) is 9.88 Å². The first kappa shape index (κ1) is 24.6. The molecule has 11 heteroatoms. The number of ether oxygens (including phenoxy) is 2. The molecule has 2 unspecified atom stereocenters. The lowest BCUT2D eigenvalue weighted by Crippen LogP contribution is -2.44. The van der Waals surface area contributed by atoms with E-state index in [1.807, 2.05) is 6.08 Å². The molecule has 0 spiro atoms. The Balaban J connectivity index is 1.62. The normalized spacial score (nSPS) is 19.9. The second-order valence-corrected chi connectivity index (χ2v) is 8.65. The van der Waals surface area contributed by atoms with Gasteiger partial charge < -0.3 is 14.4 Å². The number of methoxy groups -OCH3 is 1. The van der Waals surface area contributed by atoms with E-state index in [4.69, 9.17) is 4.74 Å². The fourth-order valence-electron chi connectivity index (χ4n) is 4.09. The Morgan fingerprint density at radius 3 is 2.49 bits per heavy atom. The number of carbonyl (C=O) groups is 2. The Kier molecular flexibility index (Phi) is 6.54. The molecule has 3 amide bonds. The molecule has 2 aliphatic rings. The summed E-state index contributed by atoms with van der Waals surface area (Å²) < 4.78 is 62.7. The van der Waals surface area contributed by atoms with E-state index in [9.17, 15) is 27.2 Å². The van der Waals surface area contributed by atoms with Gasteiger partial charge in [-0.15, -0.1) is 0 Å². The number of fused-ring (bicyclic) bond motifs is 1. The summed E-state index contributed by atoms with van der Waals surface area (Å²) in [6.45, 7) is 2.91. The van der Waals surface area contributed by atoms with E-state index in [0.29, 0.717) is 17.7 Å². The molecular weight excluding hydrogens is 470 g/mol. The minimum Gasteiger partial charge on any atom is -0.454 e. The van der Waals surface area contributed by atoms with Crippen LogP contribution in [-0.2, 0) is 22.5 Å². The van der Waals surface area contributed by atoms with Crippen molar-refractivity contribution in [1.29, 1.82) is 0 Å². The Labute approximate surface area is 198 Å². The standard InChI is InChI=1S/C24H23F4N3O4/c1-24(2)22(32)31(13-4-6-14(7-5-13)35-21(28)20(26)27)23(33)30(24)12-17-16-10-15(34-3)8-9-19(16)29-11-18(17)25/h4-9,11,15,20-21H,10,12H2,1-3H3. The summed E-state index contributed by atoms with van der Waals surface area (Å²) >= 11 is 0. The van der Waals surface area contributed by atoms with Crippen LogP contribution in [0.2, 0.25) is 0 Å². The predicted molar refractivity (Wildman–Crippen MR) is 118 cm³/mol. The van der Waals surface area contributed by atoms with E-state index in [1.165, 1.54) is 36.3 Å². The van der Waals surface area contributed by atoms with Crippen LogP contribution in [0.4, 0.5) is 28.0 Å². The molecule has 2 atom stereocenters. The molecule has 1 aromatic heterocycles. The second kappa shape index (κ2) is 9.29. The van der Waals surface area contributed by atoms with Crippen LogP contribution in [0.3, 0.4) is 0 Å². The molecule has 1 saturated heterocycles. The maximum absolute atomic E-state index is 14.9. The van der Waals surface area contributed by atoms with Gasteiger partial charge in [-0.2, -0.15) is 4.39 Å². The Hall–Kier alpha value is -3.47. The summed E-state index contributed by atoms with van der Waals surface area (Å²) in [6.07, 6.45) is -1.43. The monoisotopic (exact) mass is 493 g/mol. The number of aromatic nitrogens is 1. The predicted octanol–water partition coefficient (Wildman–Crippen LogP) is 4.49. The molecule has 1 fully saturated rings. The fourth-order valence-corrected chi connectivity index (χ4v) is 4.09. The lowest BCUT2D eigenvalue weighted by Gasteiger charge is -2.30. The van der Waals surface area contributed by atoms with Gasteiger partial charge in [-0.05, 0) is 49.8 Å². The average Bonchev–Trinajstić information content (AvgIpc) is 2.99. The zero-order valence-electron chi connectivity index (χ0n) is 19.2. The van der Waals surface area contributed by atoms with Crippen molar-refractivity contribution < 1.29 is 36.6 Å². The summed E-state index contributed by atoms with van der Waals surface area (Å²) in [5, 5.41) is 0. The number of amides is 3. The minimum absolute atomic E-state index is 0.134. The molecule has 0 N–H and O–H groups in total. The number of imide groups is 1. The summed E-state index contributed by atoms with van der Waals surface area (Å²) in [4.78, 5) is 32.8. The van der Waals surface area contributed by atoms with Crippen LogP contribution in [-0.4, -0.2) is 53.4 Å². The van der Waals surface area contributed by atoms with E-state index in [1.54, 1.807) is 19.9 Å².